The Hall–Kier alpha value is -2.02. The predicted molar refractivity (Wildman–Crippen MR) is 134 cm³/mol. The molecule has 0 bridgehead atoms. The molecule has 0 saturated heterocycles. The van der Waals surface area contributed by atoms with E-state index in [-0.39, 0.29) is 104 Å². The molecule has 16 nitrogen and oxygen atoms in total. The van der Waals surface area contributed by atoms with Crippen LogP contribution in [0.25, 0.3) is 0 Å². The zero-order chi connectivity index (χ0) is 29.1. The van der Waals surface area contributed by atoms with E-state index in [1.807, 2.05) is 0 Å². The molecule has 0 unspecified atom stereocenters. The number of likely N-dealkylation sites (N-methyl/N-ethyl adjacent to an activating group) is 2. The van der Waals surface area contributed by atoms with Crippen LogP contribution in [0.4, 0.5) is 0 Å². The summed E-state index contributed by atoms with van der Waals surface area (Å²) in [5.41, 5.74) is 0. The summed E-state index contributed by atoms with van der Waals surface area (Å²) in [5, 5.41) is 42.0. The normalized spacial score (nSPS) is 10.9. The van der Waals surface area contributed by atoms with Crippen molar-refractivity contribution < 1.29 is 89.1 Å². The Kier molecular flexibility index (Phi) is 22.8. The summed E-state index contributed by atoms with van der Waals surface area (Å²) in [5.74, 6) is -5.32. The van der Waals surface area contributed by atoms with Crippen molar-refractivity contribution in [3.63, 3.8) is 0 Å². The van der Waals surface area contributed by atoms with Crippen LogP contribution < -0.4 is 10.6 Å². The Bertz CT molecular complexity index is 739. The fourth-order valence-electron chi connectivity index (χ4n) is 3.49. The number of rotatable bonds is 23. The third kappa shape index (κ3) is 22.5. The van der Waals surface area contributed by atoms with Crippen LogP contribution in [-0.4, -0.2) is 167 Å². The maximum Gasteiger partial charge on any atom is 3.00 e. The number of carbonyl (C=O) groups excluding carboxylic acids is 2. The van der Waals surface area contributed by atoms with Crippen molar-refractivity contribution in [1.29, 1.82) is 0 Å². The van der Waals surface area contributed by atoms with Gasteiger partial charge in [-0.2, -0.15) is 0 Å². The first-order valence-corrected chi connectivity index (χ1v) is 12.2. The van der Waals surface area contributed by atoms with E-state index in [1.54, 1.807) is 13.8 Å². The molecular formula is C22H40GdN6O10+3. The van der Waals surface area contributed by atoms with Crippen LogP contribution in [-0.2, 0) is 28.8 Å². The van der Waals surface area contributed by atoms with E-state index in [0.29, 0.717) is 13.1 Å². The Balaban J connectivity index is 0. The number of carboxylic acids is 4. The van der Waals surface area contributed by atoms with Crippen LogP contribution in [0, 0.1) is 39.9 Å². The van der Waals surface area contributed by atoms with Crippen LogP contribution in [0.3, 0.4) is 0 Å². The molecule has 0 aromatic carbocycles. The van der Waals surface area contributed by atoms with Gasteiger partial charge in [0.15, 0.2) is 0 Å². The van der Waals surface area contributed by atoms with Crippen LogP contribution in [0.1, 0.15) is 13.8 Å². The second-order valence-electron chi connectivity index (χ2n) is 8.46. The molecule has 0 heterocycles. The maximum absolute atomic E-state index is 11.9. The molecule has 2 amide bonds. The summed E-state index contributed by atoms with van der Waals surface area (Å²) in [4.78, 5) is 74.6. The van der Waals surface area contributed by atoms with Gasteiger partial charge in [0.25, 0.3) is 0 Å². The van der Waals surface area contributed by atoms with Crippen molar-refractivity contribution >= 4 is 35.7 Å². The van der Waals surface area contributed by atoms with Crippen LogP contribution in [0.15, 0.2) is 0 Å². The monoisotopic (exact) mass is 706 g/mol. The molecule has 39 heavy (non-hydrogen) atoms. The largest absolute Gasteiger partial charge is 3.00 e. The Labute approximate surface area is 259 Å². The Morgan fingerprint density at radius 2 is 0.692 bits per heavy atom. The summed E-state index contributed by atoms with van der Waals surface area (Å²) < 4.78 is 0. The van der Waals surface area contributed by atoms with Gasteiger partial charge < -0.3 is 31.1 Å². The van der Waals surface area contributed by atoms with Gasteiger partial charge in [0, 0.05) is 52.4 Å². The van der Waals surface area contributed by atoms with Crippen molar-refractivity contribution in [2.75, 3.05) is 91.6 Å². The van der Waals surface area contributed by atoms with E-state index in [2.05, 4.69) is 10.6 Å². The van der Waals surface area contributed by atoms with Gasteiger partial charge in [-0.15, -0.1) is 0 Å². The van der Waals surface area contributed by atoms with E-state index in [4.69, 9.17) is 10.2 Å². The molecule has 0 atom stereocenters. The number of nitrogens with one attached hydrogen (secondary N) is 2. The fourth-order valence-corrected chi connectivity index (χ4v) is 3.49. The second kappa shape index (κ2) is 22.8. The number of nitrogens with zero attached hydrogens (tertiary/aromatic N) is 4. The minimum Gasteiger partial charge on any atom is -0.480 e. The molecule has 0 aliphatic carbocycles. The minimum absolute atomic E-state index is 0. The van der Waals surface area contributed by atoms with Crippen LogP contribution in [0.2, 0.25) is 0 Å². The van der Waals surface area contributed by atoms with Gasteiger partial charge in [0.2, 0.25) is 11.8 Å². The predicted octanol–water partition coefficient (Wildman–Crippen LogP) is -3.19. The molecule has 6 N–H and O–H groups in total. The summed E-state index contributed by atoms with van der Waals surface area (Å²) in [6.45, 7) is 2.75. The Morgan fingerprint density at radius 3 is 0.923 bits per heavy atom. The van der Waals surface area contributed by atoms with Crippen molar-refractivity contribution in [1.82, 2.24) is 30.2 Å². The number of hydrogen-bond acceptors (Lipinski definition) is 10. The number of carbonyl (C=O) groups is 6. The molecule has 0 rings (SSSR count). The van der Waals surface area contributed by atoms with Gasteiger partial charge in [-0.3, -0.25) is 48.4 Å². The first-order valence-electron chi connectivity index (χ1n) is 12.2. The molecule has 0 aromatic rings. The van der Waals surface area contributed by atoms with E-state index < -0.39 is 50.1 Å². The standard InChI is InChI=1S/C22H40N6O10.Gd/c1-3-23-17(29)11-27(15-21(35)36)9-7-25(13-19(31)32)5-6-26(14-20(33)34)8-10-28(16-22(37)38)12-18(30)24-4-2;/h3-16H2,1-2H3,(H,23,29)(H,24,30)(H,31,32)(H,33,34)(H,35,36)(H,37,38);/q;+3. The Morgan fingerprint density at radius 1 is 0.462 bits per heavy atom. The molecule has 0 saturated carbocycles. The molecule has 0 aliphatic rings. The molecular weight excluding hydrogens is 666 g/mol. The molecule has 0 aromatic heterocycles. The van der Waals surface area contributed by atoms with Gasteiger partial charge >= 0.3 is 63.8 Å². The molecule has 0 spiro atoms. The van der Waals surface area contributed by atoms with Crippen molar-refractivity contribution in [2.45, 2.75) is 13.8 Å². The number of aliphatic carboxylic acids is 4. The molecule has 223 valence electrons. The average molecular weight is 706 g/mol. The molecule has 17 heteroatoms. The van der Waals surface area contributed by atoms with Gasteiger partial charge in [-0.05, 0) is 13.8 Å². The quantitative estimate of drug-likeness (QED) is 0.0617. The number of hydrogen-bond donors (Lipinski definition) is 6. The van der Waals surface area contributed by atoms with Crippen molar-refractivity contribution in [3.05, 3.63) is 0 Å². The van der Waals surface area contributed by atoms with Gasteiger partial charge in [-0.1, -0.05) is 0 Å². The first-order chi connectivity index (χ1) is 17.9. The van der Waals surface area contributed by atoms with Gasteiger partial charge in [0.05, 0.1) is 39.3 Å². The van der Waals surface area contributed by atoms with Gasteiger partial charge in [-0.25, -0.2) is 0 Å². The smallest absolute Gasteiger partial charge is 0.480 e. The second-order valence-corrected chi connectivity index (χ2v) is 8.46. The average Bonchev–Trinajstić information content (AvgIpc) is 2.77. The summed E-state index contributed by atoms with van der Waals surface area (Å²) in [7, 11) is 0. The SMILES string of the molecule is CCNC(=O)CN(CCN(CCN(CCN(CC(=O)O)CC(=O)NCC)CC(=O)O)CC(=O)O)CC(=O)O.[Gd+3]. The maximum atomic E-state index is 11.9. The summed E-state index contributed by atoms with van der Waals surface area (Å²) in [6, 6.07) is 0. The number of carboxylic acid groups (broad SMARTS) is 4. The third-order valence-electron chi connectivity index (χ3n) is 5.12. The first kappa shape index (κ1) is 39.1. The fraction of sp³-hybridized carbons (Fsp3) is 0.727. The number of amides is 2. The third-order valence-corrected chi connectivity index (χ3v) is 5.12. The van der Waals surface area contributed by atoms with E-state index in [0.717, 1.165) is 0 Å². The van der Waals surface area contributed by atoms with E-state index in [9.17, 15) is 39.0 Å². The topological polar surface area (TPSA) is 220 Å². The molecule has 0 aliphatic heterocycles. The zero-order valence-corrected chi connectivity index (χ0v) is 24.5. The van der Waals surface area contributed by atoms with Crippen molar-refractivity contribution in [3.8, 4) is 0 Å². The summed E-state index contributed by atoms with van der Waals surface area (Å²) in [6.07, 6.45) is 0. The molecule has 1 radical (unpaired) electrons. The molecule has 0 fully saturated rings. The zero-order valence-electron chi connectivity index (χ0n) is 22.3. The minimum atomic E-state index is -1.15. The van der Waals surface area contributed by atoms with E-state index >= 15 is 0 Å². The van der Waals surface area contributed by atoms with E-state index in [1.165, 1.54) is 19.6 Å². The van der Waals surface area contributed by atoms with Crippen LogP contribution >= 0.6 is 0 Å². The van der Waals surface area contributed by atoms with Crippen LogP contribution in [0.5, 0.6) is 0 Å². The van der Waals surface area contributed by atoms with Crippen molar-refractivity contribution in [2.24, 2.45) is 0 Å². The van der Waals surface area contributed by atoms with Gasteiger partial charge in [0.1, 0.15) is 0 Å². The summed E-state index contributed by atoms with van der Waals surface area (Å²) >= 11 is 0.